The molecule has 1 unspecified atom stereocenters. The van der Waals surface area contributed by atoms with E-state index in [0.717, 1.165) is 6.42 Å². The molecule has 0 saturated heterocycles. The molecule has 0 radical (unpaired) electrons. The minimum absolute atomic E-state index is 0.188. The van der Waals surface area contributed by atoms with Gasteiger partial charge in [0.05, 0.1) is 19.2 Å². The van der Waals surface area contributed by atoms with Gasteiger partial charge in [-0.1, -0.05) is 13.3 Å². The first-order chi connectivity index (χ1) is 9.31. The number of methoxy groups -OCH3 is 1. The van der Waals surface area contributed by atoms with Crippen molar-refractivity contribution in [3.63, 3.8) is 0 Å². The van der Waals surface area contributed by atoms with Gasteiger partial charge >= 0.3 is 5.97 Å². The van der Waals surface area contributed by atoms with Crippen LogP contribution in [0.5, 0.6) is 0 Å². The molecule has 6 nitrogen and oxygen atoms in total. The molecule has 1 aromatic heterocycles. The number of nitrogens with one attached hydrogen (secondary N) is 1. The third-order valence-electron chi connectivity index (χ3n) is 3.09. The average molecular weight is 282 g/mol. The number of furan rings is 1. The van der Waals surface area contributed by atoms with Crippen LogP contribution in [-0.4, -0.2) is 24.5 Å². The van der Waals surface area contributed by atoms with Crippen molar-refractivity contribution in [2.24, 2.45) is 5.73 Å². The highest BCUT2D eigenvalue weighted by Crippen LogP contribution is 2.16. The van der Waals surface area contributed by atoms with E-state index in [1.807, 2.05) is 6.92 Å². The molecular formula is C14H22N2O4. The van der Waals surface area contributed by atoms with Crippen LogP contribution < -0.4 is 11.1 Å². The SMILES string of the molecule is CCCC(C)(N)C(=O)NCc1cc(C(=O)OC)c(C)o1. The van der Waals surface area contributed by atoms with Crippen molar-refractivity contribution in [3.8, 4) is 0 Å². The number of esters is 1. The van der Waals surface area contributed by atoms with Crippen molar-refractivity contribution < 1.29 is 18.7 Å². The molecule has 3 N–H and O–H groups in total. The van der Waals surface area contributed by atoms with Crippen LogP contribution in [0.4, 0.5) is 0 Å². The summed E-state index contributed by atoms with van der Waals surface area (Å²) in [6, 6.07) is 1.56. The molecule has 0 aliphatic carbocycles. The lowest BCUT2D eigenvalue weighted by atomic mass is 9.96. The van der Waals surface area contributed by atoms with E-state index >= 15 is 0 Å². The number of ether oxygens (including phenoxy) is 1. The zero-order valence-corrected chi connectivity index (χ0v) is 12.4. The molecule has 112 valence electrons. The monoisotopic (exact) mass is 282 g/mol. The quantitative estimate of drug-likeness (QED) is 0.771. The number of aryl methyl sites for hydroxylation is 1. The number of hydrogen-bond acceptors (Lipinski definition) is 5. The number of amides is 1. The van der Waals surface area contributed by atoms with Crippen molar-refractivity contribution in [2.45, 2.75) is 45.7 Å². The smallest absolute Gasteiger partial charge is 0.341 e. The van der Waals surface area contributed by atoms with E-state index < -0.39 is 11.5 Å². The molecule has 0 saturated carbocycles. The molecule has 0 aromatic carbocycles. The maximum Gasteiger partial charge on any atom is 0.341 e. The number of hydrogen-bond donors (Lipinski definition) is 2. The van der Waals surface area contributed by atoms with Gasteiger partial charge in [-0.25, -0.2) is 4.79 Å². The van der Waals surface area contributed by atoms with Crippen LogP contribution in [0.25, 0.3) is 0 Å². The van der Waals surface area contributed by atoms with E-state index in [1.54, 1.807) is 19.9 Å². The Balaban J connectivity index is 2.67. The fourth-order valence-corrected chi connectivity index (χ4v) is 1.95. The molecule has 1 atom stereocenters. The standard InChI is InChI=1S/C14H22N2O4/c1-5-6-14(3,15)13(18)16-8-10-7-11(9(2)20-10)12(17)19-4/h7H,5-6,8,15H2,1-4H3,(H,16,18). The number of carbonyl (C=O) groups is 2. The molecule has 0 fully saturated rings. The van der Waals surface area contributed by atoms with Gasteiger partial charge in [0.15, 0.2) is 0 Å². The maximum atomic E-state index is 11.9. The second-order valence-corrected chi connectivity index (χ2v) is 5.02. The number of rotatable bonds is 6. The van der Waals surface area contributed by atoms with Crippen molar-refractivity contribution >= 4 is 11.9 Å². The van der Waals surface area contributed by atoms with Crippen LogP contribution in [0, 0.1) is 6.92 Å². The van der Waals surface area contributed by atoms with E-state index in [1.165, 1.54) is 7.11 Å². The van der Waals surface area contributed by atoms with Gasteiger partial charge in [-0.3, -0.25) is 4.79 Å². The molecule has 1 aromatic rings. The predicted molar refractivity (Wildman–Crippen MR) is 74.1 cm³/mol. The van der Waals surface area contributed by atoms with E-state index in [-0.39, 0.29) is 12.5 Å². The van der Waals surface area contributed by atoms with E-state index in [0.29, 0.717) is 23.5 Å². The highest BCUT2D eigenvalue weighted by atomic mass is 16.5. The molecular weight excluding hydrogens is 260 g/mol. The summed E-state index contributed by atoms with van der Waals surface area (Å²) in [5, 5.41) is 2.71. The fourth-order valence-electron chi connectivity index (χ4n) is 1.95. The van der Waals surface area contributed by atoms with Crippen LogP contribution in [0.3, 0.4) is 0 Å². The first-order valence-corrected chi connectivity index (χ1v) is 6.56. The van der Waals surface area contributed by atoms with Crippen molar-refractivity contribution in [3.05, 3.63) is 23.2 Å². The summed E-state index contributed by atoms with van der Waals surface area (Å²) in [5.41, 5.74) is 5.38. The molecule has 20 heavy (non-hydrogen) atoms. The highest BCUT2D eigenvalue weighted by Gasteiger charge is 2.27. The van der Waals surface area contributed by atoms with E-state index in [4.69, 9.17) is 10.2 Å². The molecule has 0 aliphatic heterocycles. The topological polar surface area (TPSA) is 94.6 Å². The first-order valence-electron chi connectivity index (χ1n) is 6.56. The van der Waals surface area contributed by atoms with Gasteiger partial charge in [0.2, 0.25) is 5.91 Å². The van der Waals surface area contributed by atoms with Crippen LogP contribution in [0.1, 0.15) is 48.6 Å². The van der Waals surface area contributed by atoms with Gasteiger partial charge in [0, 0.05) is 0 Å². The summed E-state index contributed by atoms with van der Waals surface area (Å²) in [4.78, 5) is 23.4. The van der Waals surface area contributed by atoms with Crippen molar-refractivity contribution in [2.75, 3.05) is 7.11 Å². The fraction of sp³-hybridized carbons (Fsp3) is 0.571. The van der Waals surface area contributed by atoms with Crippen molar-refractivity contribution in [1.29, 1.82) is 0 Å². The Morgan fingerprint density at radius 3 is 2.70 bits per heavy atom. The maximum absolute atomic E-state index is 11.9. The molecule has 0 bridgehead atoms. The third kappa shape index (κ3) is 3.84. The summed E-state index contributed by atoms with van der Waals surface area (Å²) in [7, 11) is 1.31. The van der Waals surface area contributed by atoms with Gasteiger partial charge in [0.1, 0.15) is 17.1 Å². The zero-order chi connectivity index (χ0) is 15.3. The Bertz CT molecular complexity index is 491. The van der Waals surface area contributed by atoms with Crippen molar-refractivity contribution in [1.82, 2.24) is 5.32 Å². The Labute approximate surface area is 118 Å². The average Bonchev–Trinajstić information content (AvgIpc) is 2.76. The summed E-state index contributed by atoms with van der Waals surface area (Å²) >= 11 is 0. The molecule has 0 aliphatic rings. The van der Waals surface area contributed by atoms with Gasteiger partial charge in [-0.05, 0) is 26.3 Å². The van der Waals surface area contributed by atoms with Crippen LogP contribution in [0.15, 0.2) is 10.5 Å². The Hall–Kier alpha value is -1.82. The van der Waals surface area contributed by atoms with Gasteiger partial charge < -0.3 is 20.2 Å². The molecule has 0 spiro atoms. The molecule has 1 amide bonds. The lowest BCUT2D eigenvalue weighted by molar-refractivity contribution is -0.126. The predicted octanol–water partition coefficient (Wildman–Crippen LogP) is 1.51. The first kappa shape index (κ1) is 16.2. The zero-order valence-electron chi connectivity index (χ0n) is 12.4. The second-order valence-electron chi connectivity index (χ2n) is 5.02. The largest absolute Gasteiger partial charge is 0.465 e. The van der Waals surface area contributed by atoms with Gasteiger partial charge in [-0.2, -0.15) is 0 Å². The molecule has 6 heteroatoms. The van der Waals surface area contributed by atoms with E-state index in [9.17, 15) is 9.59 Å². The van der Waals surface area contributed by atoms with Crippen LogP contribution in [-0.2, 0) is 16.1 Å². The summed E-state index contributed by atoms with van der Waals surface area (Å²) in [6.45, 7) is 5.52. The lowest BCUT2D eigenvalue weighted by Crippen LogP contribution is -2.51. The Kier molecular flexibility index (Phi) is 5.33. The lowest BCUT2D eigenvalue weighted by Gasteiger charge is -2.22. The minimum atomic E-state index is -0.901. The Morgan fingerprint density at radius 2 is 2.15 bits per heavy atom. The van der Waals surface area contributed by atoms with Gasteiger partial charge in [0.25, 0.3) is 0 Å². The summed E-state index contributed by atoms with van der Waals surface area (Å²) < 4.78 is 10.0. The highest BCUT2D eigenvalue weighted by molar-refractivity contribution is 5.90. The minimum Gasteiger partial charge on any atom is -0.465 e. The van der Waals surface area contributed by atoms with E-state index in [2.05, 4.69) is 10.1 Å². The second kappa shape index (κ2) is 6.56. The third-order valence-corrected chi connectivity index (χ3v) is 3.09. The van der Waals surface area contributed by atoms with Crippen LogP contribution >= 0.6 is 0 Å². The number of nitrogens with two attached hydrogens (primary N) is 1. The Morgan fingerprint density at radius 1 is 1.50 bits per heavy atom. The van der Waals surface area contributed by atoms with Crippen LogP contribution in [0.2, 0.25) is 0 Å². The summed E-state index contributed by atoms with van der Waals surface area (Å²) in [6.07, 6.45) is 1.43. The molecule has 1 heterocycles. The summed E-state index contributed by atoms with van der Waals surface area (Å²) in [5.74, 6) is 0.250. The number of carbonyl (C=O) groups excluding carboxylic acids is 2. The normalized spacial score (nSPS) is 13.7. The van der Waals surface area contributed by atoms with Gasteiger partial charge in [-0.15, -0.1) is 0 Å². The molecule has 1 rings (SSSR count).